The molecule has 1 amide bonds. The number of amides is 1. The van der Waals surface area contributed by atoms with Crippen LogP contribution in [0.1, 0.15) is 23.6 Å². The van der Waals surface area contributed by atoms with E-state index >= 15 is 0 Å². The molecule has 0 saturated carbocycles. The van der Waals surface area contributed by atoms with E-state index < -0.39 is 0 Å². The minimum absolute atomic E-state index is 0. The van der Waals surface area contributed by atoms with Crippen LogP contribution < -0.4 is 10.1 Å². The highest BCUT2D eigenvalue weighted by Crippen LogP contribution is 2.17. The van der Waals surface area contributed by atoms with E-state index in [4.69, 9.17) is 4.74 Å². The summed E-state index contributed by atoms with van der Waals surface area (Å²) in [5.41, 5.74) is 3.40. The second-order valence-corrected chi connectivity index (χ2v) is 6.73. The molecule has 1 aliphatic rings. The van der Waals surface area contributed by atoms with E-state index in [1.807, 2.05) is 41.3 Å². The maximum Gasteiger partial charge on any atom is 0.227 e. The van der Waals surface area contributed by atoms with Crippen molar-refractivity contribution in [1.29, 1.82) is 0 Å². The van der Waals surface area contributed by atoms with Crippen LogP contribution in [0.5, 0.6) is 5.75 Å². The zero-order chi connectivity index (χ0) is 17.6. The summed E-state index contributed by atoms with van der Waals surface area (Å²) in [6.07, 6.45) is 0.425. The molecule has 4 nitrogen and oxygen atoms in total. The molecule has 1 saturated heterocycles. The lowest BCUT2D eigenvalue weighted by atomic mass is 10.1. The van der Waals surface area contributed by atoms with E-state index in [1.54, 1.807) is 0 Å². The number of nitrogens with zero attached hydrogens (tertiary/aromatic N) is 1. The summed E-state index contributed by atoms with van der Waals surface area (Å²) < 4.78 is 5.92. The monoisotopic (exact) mass is 374 g/mol. The van der Waals surface area contributed by atoms with Crippen molar-refractivity contribution in [3.8, 4) is 5.75 Å². The molecule has 1 atom stereocenters. The highest BCUT2D eigenvalue weighted by molar-refractivity contribution is 5.85. The Morgan fingerprint density at radius 3 is 2.81 bits per heavy atom. The van der Waals surface area contributed by atoms with E-state index in [9.17, 15) is 4.79 Å². The van der Waals surface area contributed by atoms with Crippen molar-refractivity contribution in [3.05, 3.63) is 65.2 Å². The van der Waals surface area contributed by atoms with Crippen LogP contribution in [-0.2, 0) is 17.8 Å². The first-order valence-electron chi connectivity index (χ1n) is 8.89. The predicted octanol–water partition coefficient (Wildman–Crippen LogP) is 3.36. The predicted molar refractivity (Wildman–Crippen MR) is 107 cm³/mol. The van der Waals surface area contributed by atoms with Gasteiger partial charge in [0.05, 0.1) is 6.42 Å². The molecule has 5 heteroatoms. The fourth-order valence-corrected chi connectivity index (χ4v) is 3.12. The van der Waals surface area contributed by atoms with Crippen molar-refractivity contribution in [2.45, 2.75) is 32.9 Å². The average molecular weight is 375 g/mol. The first-order valence-corrected chi connectivity index (χ1v) is 8.89. The maximum atomic E-state index is 12.5. The van der Waals surface area contributed by atoms with E-state index in [-0.39, 0.29) is 18.3 Å². The minimum Gasteiger partial charge on any atom is -0.489 e. The standard InChI is InChI=1S/C21H26N2O2.ClH/c1-16-6-3-4-8-19(16)15-25-20-9-5-7-18(12-20)13-21(24)23-11-10-22-17(2)14-23;/h3-9,12,17,22H,10-11,13-15H2,1-2H3;1H. The van der Waals surface area contributed by atoms with Crippen LogP contribution in [-0.4, -0.2) is 36.5 Å². The summed E-state index contributed by atoms with van der Waals surface area (Å²) in [6, 6.07) is 16.4. The first kappa shape index (κ1) is 20.3. The smallest absolute Gasteiger partial charge is 0.227 e. The van der Waals surface area contributed by atoms with Crippen LogP contribution in [0.2, 0.25) is 0 Å². The lowest BCUT2D eigenvalue weighted by Crippen LogP contribution is -2.51. The number of carbonyl (C=O) groups excluding carboxylic acids is 1. The Morgan fingerprint density at radius 1 is 1.23 bits per heavy atom. The number of hydrogen-bond donors (Lipinski definition) is 1. The van der Waals surface area contributed by atoms with Crippen molar-refractivity contribution >= 4 is 18.3 Å². The van der Waals surface area contributed by atoms with Crippen LogP contribution in [0.4, 0.5) is 0 Å². The molecule has 1 N–H and O–H groups in total. The number of nitrogens with one attached hydrogen (secondary N) is 1. The Kier molecular flexibility index (Phi) is 7.49. The van der Waals surface area contributed by atoms with Crippen LogP contribution in [0.15, 0.2) is 48.5 Å². The van der Waals surface area contributed by atoms with Crippen molar-refractivity contribution in [1.82, 2.24) is 10.2 Å². The van der Waals surface area contributed by atoms with Gasteiger partial charge in [-0.15, -0.1) is 12.4 Å². The van der Waals surface area contributed by atoms with Crippen LogP contribution in [0, 0.1) is 6.92 Å². The molecule has 0 aromatic heterocycles. The largest absolute Gasteiger partial charge is 0.489 e. The van der Waals surface area contributed by atoms with E-state index in [2.05, 4.69) is 31.3 Å². The Hall–Kier alpha value is -2.04. The molecule has 0 bridgehead atoms. The topological polar surface area (TPSA) is 41.6 Å². The van der Waals surface area contributed by atoms with Gasteiger partial charge in [-0.25, -0.2) is 0 Å². The van der Waals surface area contributed by atoms with Crippen LogP contribution >= 0.6 is 12.4 Å². The molecule has 2 aromatic rings. The van der Waals surface area contributed by atoms with Gasteiger partial charge in [-0.1, -0.05) is 36.4 Å². The lowest BCUT2D eigenvalue weighted by Gasteiger charge is -2.32. The second-order valence-electron chi connectivity index (χ2n) is 6.73. The third-order valence-electron chi connectivity index (χ3n) is 4.63. The number of piperazine rings is 1. The van der Waals surface area contributed by atoms with Gasteiger partial charge < -0.3 is 15.0 Å². The average Bonchev–Trinajstić information content (AvgIpc) is 2.61. The quantitative estimate of drug-likeness (QED) is 0.872. The van der Waals surface area contributed by atoms with E-state index in [0.717, 1.165) is 30.9 Å². The van der Waals surface area contributed by atoms with Gasteiger partial charge in [0.1, 0.15) is 12.4 Å². The third kappa shape index (κ3) is 5.48. The zero-order valence-electron chi connectivity index (χ0n) is 15.4. The minimum atomic E-state index is 0. The number of aryl methyl sites for hydroxylation is 1. The number of benzene rings is 2. The summed E-state index contributed by atoms with van der Waals surface area (Å²) in [5.74, 6) is 0.992. The Balaban J connectivity index is 0.00000243. The molecule has 0 spiro atoms. The summed E-state index contributed by atoms with van der Waals surface area (Å²) in [6.45, 7) is 7.17. The SMILES string of the molecule is Cc1ccccc1COc1cccc(CC(=O)N2CCNC(C)C2)c1.Cl. The summed E-state index contributed by atoms with van der Waals surface area (Å²) >= 11 is 0. The number of carbonyl (C=O) groups is 1. The van der Waals surface area contributed by atoms with Gasteiger partial charge in [0.2, 0.25) is 5.91 Å². The number of ether oxygens (including phenoxy) is 1. The molecule has 1 aliphatic heterocycles. The highest BCUT2D eigenvalue weighted by atomic mass is 35.5. The molecule has 140 valence electrons. The van der Waals surface area contributed by atoms with Crippen LogP contribution in [0.3, 0.4) is 0 Å². The van der Waals surface area contributed by atoms with Gasteiger partial charge in [-0.05, 0) is 42.7 Å². The summed E-state index contributed by atoms with van der Waals surface area (Å²) in [4.78, 5) is 14.5. The lowest BCUT2D eigenvalue weighted by molar-refractivity contribution is -0.131. The number of hydrogen-bond acceptors (Lipinski definition) is 3. The van der Waals surface area contributed by atoms with Gasteiger partial charge in [0.15, 0.2) is 0 Å². The van der Waals surface area contributed by atoms with Gasteiger partial charge >= 0.3 is 0 Å². The van der Waals surface area contributed by atoms with Crippen LogP contribution in [0.25, 0.3) is 0 Å². The molecule has 1 heterocycles. The molecule has 3 rings (SSSR count). The molecule has 2 aromatic carbocycles. The van der Waals surface area contributed by atoms with Crippen molar-refractivity contribution < 1.29 is 9.53 Å². The molecule has 1 fully saturated rings. The second kappa shape index (κ2) is 9.60. The maximum absolute atomic E-state index is 12.5. The molecule has 1 unspecified atom stereocenters. The molecule has 26 heavy (non-hydrogen) atoms. The number of halogens is 1. The highest BCUT2D eigenvalue weighted by Gasteiger charge is 2.20. The third-order valence-corrected chi connectivity index (χ3v) is 4.63. The molecule has 0 aliphatic carbocycles. The van der Waals surface area contributed by atoms with Gasteiger partial charge in [0, 0.05) is 25.7 Å². The fraction of sp³-hybridized carbons (Fsp3) is 0.381. The fourth-order valence-electron chi connectivity index (χ4n) is 3.12. The van der Waals surface area contributed by atoms with E-state index in [0.29, 0.717) is 19.1 Å². The van der Waals surface area contributed by atoms with Gasteiger partial charge in [-0.2, -0.15) is 0 Å². The molecular formula is C21H27ClN2O2. The van der Waals surface area contributed by atoms with Gasteiger partial charge in [-0.3, -0.25) is 4.79 Å². The summed E-state index contributed by atoms with van der Waals surface area (Å²) in [7, 11) is 0. The molecular weight excluding hydrogens is 348 g/mol. The van der Waals surface area contributed by atoms with Crippen molar-refractivity contribution in [2.24, 2.45) is 0 Å². The first-order chi connectivity index (χ1) is 12.1. The normalized spacial score (nSPS) is 16.7. The molecule has 0 radical (unpaired) electrons. The van der Waals surface area contributed by atoms with E-state index in [1.165, 1.54) is 11.1 Å². The Bertz CT molecular complexity index is 735. The van der Waals surface area contributed by atoms with Crippen molar-refractivity contribution in [3.63, 3.8) is 0 Å². The number of rotatable bonds is 5. The zero-order valence-corrected chi connectivity index (χ0v) is 16.2. The Morgan fingerprint density at radius 2 is 2.04 bits per heavy atom. The Labute approximate surface area is 162 Å². The van der Waals surface area contributed by atoms with Gasteiger partial charge in [0.25, 0.3) is 0 Å². The summed E-state index contributed by atoms with van der Waals surface area (Å²) in [5, 5.41) is 3.36. The van der Waals surface area contributed by atoms with Crippen molar-refractivity contribution in [2.75, 3.05) is 19.6 Å².